The lowest BCUT2D eigenvalue weighted by Crippen LogP contribution is -2.49. The van der Waals surface area contributed by atoms with Crippen LogP contribution in [0.4, 0.5) is 0 Å². The van der Waals surface area contributed by atoms with Crippen LogP contribution in [0.3, 0.4) is 0 Å². The number of hydrogen-bond acceptors (Lipinski definition) is 5. The first kappa shape index (κ1) is 15.9. The van der Waals surface area contributed by atoms with Crippen LogP contribution >= 0.6 is 0 Å². The van der Waals surface area contributed by atoms with Crippen LogP contribution in [0.25, 0.3) is 0 Å². The van der Waals surface area contributed by atoms with Gasteiger partial charge in [0.25, 0.3) is 5.56 Å². The molecular formula is C14H22N2O5. The van der Waals surface area contributed by atoms with Gasteiger partial charge in [-0.25, -0.2) is 4.79 Å². The Morgan fingerprint density at radius 2 is 2.05 bits per heavy atom. The van der Waals surface area contributed by atoms with E-state index in [-0.39, 0.29) is 12.0 Å². The molecule has 0 amide bonds. The van der Waals surface area contributed by atoms with Crippen molar-refractivity contribution in [3.8, 4) is 0 Å². The molecule has 21 heavy (non-hydrogen) atoms. The molecule has 4 atom stereocenters. The smallest absolute Gasteiger partial charge is 0.330 e. The van der Waals surface area contributed by atoms with Crippen molar-refractivity contribution in [2.24, 2.45) is 5.92 Å². The Bertz CT molecular complexity index is 629. The second-order valence-electron chi connectivity index (χ2n) is 6.23. The molecule has 1 saturated heterocycles. The highest BCUT2D eigenvalue weighted by atomic mass is 16.7. The monoisotopic (exact) mass is 298 g/mol. The average molecular weight is 298 g/mol. The Labute approximate surface area is 122 Å². The van der Waals surface area contributed by atoms with Gasteiger partial charge in [-0.2, -0.15) is 0 Å². The summed E-state index contributed by atoms with van der Waals surface area (Å²) in [6, 6.07) is 1.25. The molecule has 1 aromatic heterocycles. The van der Waals surface area contributed by atoms with Gasteiger partial charge in [0, 0.05) is 18.2 Å². The second-order valence-corrected chi connectivity index (χ2v) is 6.23. The normalized spacial score (nSPS) is 33.3. The van der Waals surface area contributed by atoms with Gasteiger partial charge in [-0.1, -0.05) is 6.92 Å². The van der Waals surface area contributed by atoms with Crippen molar-refractivity contribution in [1.82, 2.24) is 9.55 Å². The van der Waals surface area contributed by atoms with E-state index in [1.807, 2.05) is 13.8 Å². The summed E-state index contributed by atoms with van der Waals surface area (Å²) in [7, 11) is 0. The minimum absolute atomic E-state index is 0.0623. The summed E-state index contributed by atoms with van der Waals surface area (Å²) < 4.78 is 12.9. The fraction of sp³-hybridized carbons (Fsp3) is 0.714. The number of hydrogen-bond donors (Lipinski definition) is 2. The van der Waals surface area contributed by atoms with Crippen molar-refractivity contribution in [3.63, 3.8) is 0 Å². The van der Waals surface area contributed by atoms with E-state index >= 15 is 0 Å². The average Bonchev–Trinajstić information content (AvgIpc) is 2.52. The van der Waals surface area contributed by atoms with Gasteiger partial charge in [0.15, 0.2) is 12.0 Å². The van der Waals surface area contributed by atoms with Gasteiger partial charge < -0.3 is 14.6 Å². The number of ether oxygens (including phenoxy) is 2. The highest BCUT2D eigenvalue weighted by molar-refractivity contribution is 4.99. The SMILES string of the molecule is C[C@@H]1[C@@H](C)O[C@@H](n2ccc(=O)[nH]c2=O)[C@]1(C)OC(C)(C)O. The first-order valence-electron chi connectivity index (χ1n) is 6.94. The molecule has 0 unspecified atom stereocenters. The Balaban J connectivity index is 2.50. The molecule has 7 nitrogen and oxygen atoms in total. The van der Waals surface area contributed by atoms with Crippen LogP contribution in [0.2, 0.25) is 0 Å². The van der Waals surface area contributed by atoms with E-state index in [0.717, 1.165) is 0 Å². The van der Waals surface area contributed by atoms with Crippen molar-refractivity contribution < 1.29 is 14.6 Å². The molecule has 2 rings (SSSR count). The molecule has 1 aromatic rings. The minimum Gasteiger partial charge on any atom is -0.366 e. The largest absolute Gasteiger partial charge is 0.366 e. The van der Waals surface area contributed by atoms with Crippen LogP contribution in [0.15, 0.2) is 21.9 Å². The zero-order chi connectivity index (χ0) is 16.0. The molecular weight excluding hydrogens is 276 g/mol. The van der Waals surface area contributed by atoms with E-state index in [4.69, 9.17) is 9.47 Å². The zero-order valence-corrected chi connectivity index (χ0v) is 12.9. The van der Waals surface area contributed by atoms with E-state index in [0.29, 0.717) is 0 Å². The highest BCUT2D eigenvalue weighted by Gasteiger charge is 2.54. The van der Waals surface area contributed by atoms with Gasteiger partial charge in [0.1, 0.15) is 5.60 Å². The third-order valence-electron chi connectivity index (χ3n) is 4.02. The van der Waals surface area contributed by atoms with Crippen LogP contribution < -0.4 is 11.2 Å². The maximum Gasteiger partial charge on any atom is 0.330 e. The summed E-state index contributed by atoms with van der Waals surface area (Å²) in [5.74, 6) is -1.44. The molecule has 1 aliphatic rings. The van der Waals surface area contributed by atoms with E-state index < -0.39 is 28.9 Å². The molecule has 1 aliphatic heterocycles. The number of aliphatic hydroxyl groups is 1. The van der Waals surface area contributed by atoms with Crippen molar-refractivity contribution in [1.29, 1.82) is 0 Å². The number of rotatable bonds is 3. The van der Waals surface area contributed by atoms with Gasteiger partial charge in [0.2, 0.25) is 0 Å². The standard InChI is InChI=1S/C14H22N2O5/c1-8-9(2)20-11(14(8,5)21-13(3,4)19)16-7-6-10(17)15-12(16)18/h6-9,11,19H,1-5H3,(H,15,17,18)/t8-,9-,11-,14-/m1/s1. The van der Waals surface area contributed by atoms with Gasteiger partial charge in [-0.05, 0) is 27.7 Å². The summed E-state index contributed by atoms with van der Waals surface area (Å²) in [5, 5.41) is 10.0. The minimum atomic E-state index is -1.37. The molecule has 1 fully saturated rings. The molecule has 0 aromatic carbocycles. The maximum atomic E-state index is 12.0. The Morgan fingerprint density at radius 3 is 2.57 bits per heavy atom. The first-order chi connectivity index (χ1) is 9.54. The number of nitrogens with zero attached hydrogens (tertiary/aromatic N) is 1. The fourth-order valence-corrected chi connectivity index (χ4v) is 2.78. The quantitative estimate of drug-likeness (QED) is 0.797. The molecule has 0 aliphatic carbocycles. The van der Waals surface area contributed by atoms with E-state index in [2.05, 4.69) is 4.98 Å². The van der Waals surface area contributed by atoms with Crippen molar-refractivity contribution in [3.05, 3.63) is 33.1 Å². The second kappa shape index (κ2) is 5.08. The summed E-state index contributed by atoms with van der Waals surface area (Å²) in [6.45, 7) is 8.67. The number of aromatic amines is 1. The van der Waals surface area contributed by atoms with Crippen molar-refractivity contribution >= 4 is 0 Å². The van der Waals surface area contributed by atoms with Crippen LogP contribution in [-0.4, -0.2) is 32.1 Å². The zero-order valence-electron chi connectivity index (χ0n) is 12.9. The summed E-state index contributed by atoms with van der Waals surface area (Å²) in [4.78, 5) is 25.4. The Kier molecular flexibility index (Phi) is 3.86. The lowest BCUT2D eigenvalue weighted by molar-refractivity contribution is -0.270. The van der Waals surface area contributed by atoms with E-state index in [9.17, 15) is 14.7 Å². The topological polar surface area (TPSA) is 93.6 Å². The molecule has 2 heterocycles. The van der Waals surface area contributed by atoms with Gasteiger partial charge in [0.05, 0.1) is 6.10 Å². The molecule has 0 radical (unpaired) electrons. The van der Waals surface area contributed by atoms with Crippen LogP contribution in [-0.2, 0) is 9.47 Å². The van der Waals surface area contributed by atoms with Crippen molar-refractivity contribution in [2.45, 2.75) is 58.3 Å². The maximum absolute atomic E-state index is 12.0. The van der Waals surface area contributed by atoms with Crippen LogP contribution in [0.5, 0.6) is 0 Å². The van der Waals surface area contributed by atoms with Gasteiger partial charge in [-0.3, -0.25) is 14.3 Å². The summed E-state index contributed by atoms with van der Waals surface area (Å²) in [6.07, 6.45) is 0.474. The fourth-order valence-electron chi connectivity index (χ4n) is 2.78. The Hall–Kier alpha value is -1.44. The summed E-state index contributed by atoms with van der Waals surface area (Å²) in [5.41, 5.74) is -1.96. The molecule has 0 spiro atoms. The highest BCUT2D eigenvalue weighted by Crippen LogP contribution is 2.45. The van der Waals surface area contributed by atoms with Crippen LogP contribution in [0, 0.1) is 5.92 Å². The molecule has 0 saturated carbocycles. The lowest BCUT2D eigenvalue weighted by Gasteiger charge is -2.38. The Morgan fingerprint density at radius 1 is 1.43 bits per heavy atom. The third-order valence-corrected chi connectivity index (χ3v) is 4.02. The number of nitrogens with one attached hydrogen (secondary N) is 1. The number of aromatic nitrogens is 2. The van der Waals surface area contributed by atoms with E-state index in [1.54, 1.807) is 6.92 Å². The van der Waals surface area contributed by atoms with Crippen molar-refractivity contribution in [2.75, 3.05) is 0 Å². The van der Waals surface area contributed by atoms with Gasteiger partial charge in [-0.15, -0.1) is 0 Å². The number of H-pyrrole nitrogens is 1. The molecule has 118 valence electrons. The predicted octanol–water partition coefficient (Wildman–Crippen LogP) is 0.594. The van der Waals surface area contributed by atoms with Crippen LogP contribution in [0.1, 0.15) is 40.8 Å². The molecule has 7 heteroatoms. The predicted molar refractivity (Wildman–Crippen MR) is 75.9 cm³/mol. The third kappa shape index (κ3) is 2.95. The molecule has 2 N–H and O–H groups in total. The lowest BCUT2D eigenvalue weighted by atomic mass is 9.87. The van der Waals surface area contributed by atoms with Gasteiger partial charge >= 0.3 is 5.69 Å². The first-order valence-corrected chi connectivity index (χ1v) is 6.94. The van der Waals surface area contributed by atoms with E-state index in [1.165, 1.54) is 30.7 Å². The molecule has 0 bridgehead atoms. The summed E-state index contributed by atoms with van der Waals surface area (Å²) >= 11 is 0.